The molecule has 2 rings (SSSR count). The van der Waals surface area contributed by atoms with Crippen molar-refractivity contribution in [3.05, 3.63) is 35.7 Å². The van der Waals surface area contributed by atoms with Crippen LogP contribution in [-0.4, -0.2) is 42.7 Å². The quantitative estimate of drug-likeness (QED) is 0.827. The minimum atomic E-state index is -3.24. The monoisotopic (exact) mass is 321 g/mol. The van der Waals surface area contributed by atoms with Crippen LogP contribution >= 0.6 is 0 Å². The molecule has 0 radical (unpaired) electrons. The van der Waals surface area contributed by atoms with Gasteiger partial charge in [0.05, 0.1) is 5.75 Å². The maximum absolute atomic E-state index is 11.4. The molecule has 0 atom stereocenters. The van der Waals surface area contributed by atoms with Crippen molar-refractivity contribution in [3.8, 4) is 11.5 Å². The number of nitrogens with one attached hydrogen (secondary N) is 2. The Hall–Kier alpha value is -2.06. The maximum Gasteiger partial charge on any atom is 0.213 e. The van der Waals surface area contributed by atoms with E-state index < -0.39 is 10.0 Å². The average molecular weight is 321 g/mol. The van der Waals surface area contributed by atoms with Crippen molar-refractivity contribution in [2.24, 2.45) is 0 Å². The van der Waals surface area contributed by atoms with Gasteiger partial charge in [0.15, 0.2) is 5.82 Å². The van der Waals surface area contributed by atoms with Crippen molar-refractivity contribution in [1.29, 1.82) is 0 Å². The molecule has 0 spiro atoms. The Morgan fingerprint density at radius 3 is 2.59 bits per heavy atom. The van der Waals surface area contributed by atoms with Crippen LogP contribution in [0.2, 0.25) is 0 Å². The van der Waals surface area contributed by atoms with Gasteiger partial charge < -0.3 is 5.32 Å². The number of aryl methyl sites for hydroxylation is 1. The summed E-state index contributed by atoms with van der Waals surface area (Å²) < 4.78 is 25.2. The summed E-state index contributed by atoms with van der Waals surface area (Å²) in [7, 11) is -1.85. The van der Waals surface area contributed by atoms with E-state index in [-0.39, 0.29) is 12.3 Å². The van der Waals surface area contributed by atoms with Gasteiger partial charge in [0, 0.05) is 24.0 Å². The Kier molecular flexibility index (Phi) is 5.04. The molecular formula is C14H19N5O2S. The van der Waals surface area contributed by atoms with Crippen molar-refractivity contribution in [1.82, 2.24) is 19.7 Å². The summed E-state index contributed by atoms with van der Waals surface area (Å²) >= 11 is 0. The molecule has 0 aliphatic heterocycles. The Balaban J connectivity index is 2.23. The molecule has 2 N–H and O–H groups in total. The first-order valence-corrected chi connectivity index (χ1v) is 8.50. The number of hydrogen-bond donors (Lipinski definition) is 2. The first kappa shape index (κ1) is 16.3. The molecule has 0 fully saturated rings. The van der Waals surface area contributed by atoms with E-state index in [1.54, 1.807) is 6.20 Å². The molecule has 7 nitrogen and oxygen atoms in total. The van der Waals surface area contributed by atoms with Gasteiger partial charge in [-0.2, -0.15) is 0 Å². The molecule has 0 saturated carbocycles. The van der Waals surface area contributed by atoms with Crippen LogP contribution in [0.15, 0.2) is 24.4 Å². The standard InChI is InChI=1S/C14H19N5O2S/c1-10-11(2)18-14(12-6-4-5-7-16-12)19-13(10)17-8-9-22(20,21)15-3/h4-7,15H,8-9H2,1-3H3,(H,17,18,19). The van der Waals surface area contributed by atoms with Crippen LogP contribution in [0.5, 0.6) is 0 Å². The maximum atomic E-state index is 11.4. The number of nitrogens with zero attached hydrogens (tertiary/aromatic N) is 3. The average Bonchev–Trinajstić information content (AvgIpc) is 2.52. The molecule has 8 heteroatoms. The normalized spacial score (nSPS) is 11.4. The van der Waals surface area contributed by atoms with Gasteiger partial charge in [0.2, 0.25) is 10.0 Å². The first-order chi connectivity index (χ1) is 10.4. The molecule has 0 saturated heterocycles. The van der Waals surface area contributed by atoms with E-state index in [1.807, 2.05) is 32.0 Å². The highest BCUT2D eigenvalue weighted by Gasteiger charge is 2.12. The molecular weight excluding hydrogens is 302 g/mol. The van der Waals surface area contributed by atoms with Crippen LogP contribution in [0.1, 0.15) is 11.3 Å². The summed E-state index contributed by atoms with van der Waals surface area (Å²) in [5.74, 6) is 1.12. The highest BCUT2D eigenvalue weighted by atomic mass is 32.2. The fraction of sp³-hybridized carbons (Fsp3) is 0.357. The first-order valence-electron chi connectivity index (χ1n) is 6.84. The van der Waals surface area contributed by atoms with Gasteiger partial charge in [-0.15, -0.1) is 0 Å². The number of pyridine rings is 1. The molecule has 2 heterocycles. The number of aromatic nitrogens is 3. The molecule has 0 bridgehead atoms. The summed E-state index contributed by atoms with van der Waals surface area (Å²) in [6, 6.07) is 5.53. The van der Waals surface area contributed by atoms with E-state index in [1.165, 1.54) is 7.05 Å². The van der Waals surface area contributed by atoms with Gasteiger partial charge in [0.25, 0.3) is 0 Å². The summed E-state index contributed by atoms with van der Waals surface area (Å²) in [4.78, 5) is 13.1. The van der Waals surface area contributed by atoms with E-state index in [9.17, 15) is 8.42 Å². The van der Waals surface area contributed by atoms with Crippen molar-refractivity contribution in [2.45, 2.75) is 13.8 Å². The number of sulfonamides is 1. The molecule has 0 amide bonds. The number of rotatable bonds is 6. The molecule has 0 aromatic carbocycles. The van der Waals surface area contributed by atoms with Crippen LogP contribution in [0.4, 0.5) is 5.82 Å². The van der Waals surface area contributed by atoms with Crippen molar-refractivity contribution < 1.29 is 8.42 Å². The van der Waals surface area contributed by atoms with Crippen molar-refractivity contribution >= 4 is 15.8 Å². The second-order valence-electron chi connectivity index (χ2n) is 4.77. The largest absolute Gasteiger partial charge is 0.369 e. The van der Waals surface area contributed by atoms with Crippen LogP contribution < -0.4 is 10.0 Å². The molecule has 0 aliphatic carbocycles. The SMILES string of the molecule is CNS(=O)(=O)CCNc1nc(-c2ccccn2)nc(C)c1C. The zero-order valence-electron chi connectivity index (χ0n) is 12.8. The number of hydrogen-bond acceptors (Lipinski definition) is 6. The summed E-state index contributed by atoms with van der Waals surface area (Å²) in [5, 5.41) is 3.06. The van der Waals surface area contributed by atoms with E-state index in [0.29, 0.717) is 17.3 Å². The lowest BCUT2D eigenvalue weighted by Gasteiger charge is -2.12. The zero-order chi connectivity index (χ0) is 16.2. The summed E-state index contributed by atoms with van der Waals surface area (Å²) in [6.45, 7) is 4.05. The molecule has 0 unspecified atom stereocenters. The lowest BCUT2D eigenvalue weighted by Crippen LogP contribution is -2.26. The van der Waals surface area contributed by atoms with Gasteiger partial charge in [-0.1, -0.05) is 6.07 Å². The second-order valence-corrected chi connectivity index (χ2v) is 6.82. The minimum absolute atomic E-state index is 0.0229. The van der Waals surface area contributed by atoms with Crippen LogP contribution in [0.25, 0.3) is 11.5 Å². The summed E-state index contributed by atoms with van der Waals surface area (Å²) in [5.41, 5.74) is 2.40. The third kappa shape index (κ3) is 3.99. The fourth-order valence-electron chi connectivity index (χ4n) is 1.82. The van der Waals surface area contributed by atoms with E-state index in [4.69, 9.17) is 0 Å². The second kappa shape index (κ2) is 6.80. The highest BCUT2D eigenvalue weighted by molar-refractivity contribution is 7.89. The Bertz CT molecular complexity index is 747. The number of anilines is 1. The third-order valence-electron chi connectivity index (χ3n) is 3.26. The van der Waals surface area contributed by atoms with Gasteiger partial charge in [-0.05, 0) is 33.0 Å². The van der Waals surface area contributed by atoms with E-state index in [2.05, 4.69) is 25.0 Å². The predicted molar refractivity (Wildman–Crippen MR) is 86.1 cm³/mol. The Labute approximate surface area is 130 Å². The molecule has 22 heavy (non-hydrogen) atoms. The van der Waals surface area contributed by atoms with E-state index in [0.717, 1.165) is 11.3 Å². The summed E-state index contributed by atoms with van der Waals surface area (Å²) in [6.07, 6.45) is 1.68. The Morgan fingerprint density at radius 1 is 1.18 bits per heavy atom. The van der Waals surface area contributed by atoms with Crippen LogP contribution in [0, 0.1) is 13.8 Å². The van der Waals surface area contributed by atoms with Gasteiger partial charge in [-0.25, -0.2) is 23.1 Å². The molecule has 118 valence electrons. The minimum Gasteiger partial charge on any atom is -0.369 e. The van der Waals surface area contributed by atoms with Crippen molar-refractivity contribution in [3.63, 3.8) is 0 Å². The lowest BCUT2D eigenvalue weighted by atomic mass is 10.2. The molecule has 2 aromatic rings. The highest BCUT2D eigenvalue weighted by Crippen LogP contribution is 2.19. The smallest absolute Gasteiger partial charge is 0.213 e. The lowest BCUT2D eigenvalue weighted by molar-refractivity contribution is 0.588. The van der Waals surface area contributed by atoms with Gasteiger partial charge in [-0.3, -0.25) is 4.98 Å². The predicted octanol–water partition coefficient (Wildman–Crippen LogP) is 1.12. The van der Waals surface area contributed by atoms with Gasteiger partial charge >= 0.3 is 0 Å². The van der Waals surface area contributed by atoms with Crippen LogP contribution in [0.3, 0.4) is 0 Å². The fourth-order valence-corrected chi connectivity index (χ4v) is 2.39. The molecule has 2 aromatic heterocycles. The van der Waals surface area contributed by atoms with Crippen LogP contribution in [-0.2, 0) is 10.0 Å². The van der Waals surface area contributed by atoms with Gasteiger partial charge in [0.1, 0.15) is 11.5 Å². The molecule has 0 aliphatic rings. The third-order valence-corrected chi connectivity index (χ3v) is 4.62. The zero-order valence-corrected chi connectivity index (χ0v) is 13.6. The topological polar surface area (TPSA) is 96.9 Å². The Morgan fingerprint density at radius 2 is 1.95 bits per heavy atom. The van der Waals surface area contributed by atoms with E-state index >= 15 is 0 Å². The van der Waals surface area contributed by atoms with Crippen molar-refractivity contribution in [2.75, 3.05) is 24.7 Å².